The van der Waals surface area contributed by atoms with Crippen molar-refractivity contribution in [1.29, 1.82) is 0 Å². The van der Waals surface area contributed by atoms with Crippen LogP contribution in [0.2, 0.25) is 0 Å². The van der Waals surface area contributed by atoms with Gasteiger partial charge in [-0.2, -0.15) is 44.8 Å². The van der Waals surface area contributed by atoms with Gasteiger partial charge in [0.05, 0.1) is 50.8 Å². The van der Waals surface area contributed by atoms with E-state index in [2.05, 4.69) is 61.2 Å². The van der Waals surface area contributed by atoms with Gasteiger partial charge in [0.25, 0.3) is 30.3 Å². The average Bonchev–Trinajstić information content (AvgIpc) is 3.20. The number of nitrogens with zero attached hydrogens (tertiary/aromatic N) is 6. The van der Waals surface area contributed by atoms with Crippen molar-refractivity contribution >= 4 is 103 Å². The molecular weight excluding hydrogens is 923 g/mol. The third-order valence-corrected chi connectivity index (χ3v) is 13.8. The molecule has 0 saturated heterocycles. The van der Waals surface area contributed by atoms with Gasteiger partial charge in [-0.1, -0.05) is 13.2 Å². The Morgan fingerprint density at radius 3 is 1.83 bits per heavy atom. The largest absolute Gasteiger partial charge is 0.505 e. The molecule has 0 aliphatic heterocycles. The van der Waals surface area contributed by atoms with Crippen LogP contribution in [0.15, 0.2) is 166 Å². The number of allylic oxidation sites excluding steroid dienone is 2. The number of thiol groups is 1. The van der Waals surface area contributed by atoms with Crippen molar-refractivity contribution in [1.82, 2.24) is 4.72 Å². The summed E-state index contributed by atoms with van der Waals surface area (Å²) in [5.41, 5.74) is 10.5. The standard InChI is InChI=1S/C37H35N9O12S5/c1-21(40-43-29-15-6-24(38)20-30(29)58-3)4-5-22(2)46-61(50,51)28-13-9-26(10-14-28)42-45-36-32(63(55,56)57)19-23-18-31(62(52,53)54)35(34(39)33(23)37(36)47)44-41-25-7-11-27(12-8-25)60(48,49)17-16-59/h4-15,18-20,46-47,59H,1-2,16-17,38-39H2,3H3,(H,52,53,54)(H,55,56,57)/b5-4-,43-40?,44-41?,45-42?. The van der Waals surface area contributed by atoms with E-state index in [1.54, 1.807) is 18.2 Å². The fourth-order valence-corrected chi connectivity index (χ4v) is 9.46. The van der Waals surface area contributed by atoms with Crippen LogP contribution in [-0.2, 0) is 40.1 Å². The Kier molecular flexibility index (Phi) is 14.2. The number of benzene rings is 5. The van der Waals surface area contributed by atoms with Gasteiger partial charge < -0.3 is 21.3 Å². The zero-order valence-corrected chi connectivity index (χ0v) is 36.6. The molecule has 26 heteroatoms. The summed E-state index contributed by atoms with van der Waals surface area (Å²) in [5.74, 6) is -0.839. The van der Waals surface area contributed by atoms with E-state index in [1.807, 2.05) is 0 Å². The summed E-state index contributed by atoms with van der Waals surface area (Å²) >= 11 is 3.93. The van der Waals surface area contributed by atoms with E-state index >= 15 is 0 Å². The highest BCUT2D eigenvalue weighted by molar-refractivity contribution is 7.92. The maximum Gasteiger partial charge on any atom is 0.296 e. The molecule has 5 rings (SSSR count). The number of fused-ring (bicyclic) bond motifs is 1. The van der Waals surface area contributed by atoms with Crippen molar-refractivity contribution in [3.8, 4) is 11.5 Å². The molecule has 0 heterocycles. The maximum absolute atomic E-state index is 13.1. The normalized spacial score (nSPS) is 12.8. The number of anilines is 2. The van der Waals surface area contributed by atoms with Crippen LogP contribution in [0.5, 0.6) is 11.5 Å². The first-order chi connectivity index (χ1) is 29.4. The molecular formula is C37H35N9O12S5. The maximum atomic E-state index is 13.1. The Bertz CT molecular complexity index is 3230. The number of azo groups is 3. The molecule has 63 heavy (non-hydrogen) atoms. The number of rotatable bonds is 17. The van der Waals surface area contributed by atoms with Crippen molar-refractivity contribution in [3.63, 3.8) is 0 Å². The van der Waals surface area contributed by atoms with E-state index < -0.39 is 83.5 Å². The first-order valence-electron chi connectivity index (χ1n) is 17.3. The summed E-state index contributed by atoms with van der Waals surface area (Å²) in [6.45, 7) is 7.40. The van der Waals surface area contributed by atoms with Crippen LogP contribution in [-0.4, -0.2) is 66.5 Å². The molecule has 330 valence electrons. The SMILES string of the molecule is C=C(/C=C\C(=C)NS(=O)(=O)c1ccc(N=Nc2c(S(=O)(=O)O)cc3cc(S(=O)(=O)O)c(N=Nc4ccc(S(=O)(=O)CCS)cc4)c(N)c3c2O)cc1)N=Nc1ccc(N)cc1OC. The number of aromatic hydroxyl groups is 1. The van der Waals surface area contributed by atoms with Gasteiger partial charge in [0.2, 0.25) is 0 Å². The van der Waals surface area contributed by atoms with E-state index in [9.17, 15) is 47.9 Å². The van der Waals surface area contributed by atoms with E-state index in [0.29, 0.717) is 29.3 Å². The number of methoxy groups -OCH3 is 1. The smallest absolute Gasteiger partial charge is 0.296 e. The molecule has 8 N–H and O–H groups in total. The zero-order chi connectivity index (χ0) is 46.5. The average molecular weight is 958 g/mol. The Morgan fingerprint density at radius 2 is 1.29 bits per heavy atom. The van der Waals surface area contributed by atoms with Crippen molar-refractivity contribution in [2.45, 2.75) is 19.6 Å². The van der Waals surface area contributed by atoms with E-state index in [-0.39, 0.29) is 44.1 Å². The number of nitrogens with two attached hydrogens (primary N) is 2. The van der Waals surface area contributed by atoms with Gasteiger partial charge in [0, 0.05) is 23.2 Å². The van der Waals surface area contributed by atoms with Gasteiger partial charge in [-0.05, 0) is 90.3 Å². The molecule has 0 unspecified atom stereocenters. The van der Waals surface area contributed by atoms with Gasteiger partial charge in [0.15, 0.2) is 15.6 Å². The summed E-state index contributed by atoms with van der Waals surface area (Å²) in [6.07, 6.45) is 2.63. The lowest BCUT2D eigenvalue weighted by molar-refractivity contribution is 0.416. The number of sulfonamides is 1. The molecule has 0 aliphatic rings. The molecule has 0 atom stereocenters. The number of hydrogen-bond donors (Lipinski definition) is 7. The number of ether oxygens (including phenoxy) is 1. The highest BCUT2D eigenvalue weighted by atomic mass is 32.2. The predicted octanol–water partition coefficient (Wildman–Crippen LogP) is 7.39. The Morgan fingerprint density at radius 1 is 0.746 bits per heavy atom. The molecule has 0 amide bonds. The minimum Gasteiger partial charge on any atom is -0.505 e. The second kappa shape index (κ2) is 18.8. The fraction of sp³-hybridized carbons (Fsp3) is 0.0811. The monoisotopic (exact) mass is 957 g/mol. The van der Waals surface area contributed by atoms with Crippen LogP contribution >= 0.6 is 12.6 Å². The number of nitrogens with one attached hydrogen (secondary N) is 1. The van der Waals surface area contributed by atoms with Gasteiger partial charge in [-0.15, -0.1) is 15.3 Å². The Balaban J connectivity index is 1.42. The third kappa shape index (κ3) is 11.5. The molecule has 0 fully saturated rings. The summed E-state index contributed by atoms with van der Waals surface area (Å²) in [7, 11) is -16.9. The molecule has 0 aliphatic carbocycles. The molecule has 0 spiro atoms. The van der Waals surface area contributed by atoms with Crippen LogP contribution < -0.4 is 20.9 Å². The number of sulfone groups is 1. The van der Waals surface area contributed by atoms with Crippen LogP contribution in [0.4, 0.5) is 39.8 Å². The lowest BCUT2D eigenvalue weighted by Gasteiger charge is -2.14. The second-order valence-electron chi connectivity index (χ2n) is 12.8. The quantitative estimate of drug-likeness (QED) is 0.0157. The number of phenols is 1. The van der Waals surface area contributed by atoms with Gasteiger partial charge in [-0.25, -0.2) is 16.8 Å². The Hall–Kier alpha value is -6.55. The molecule has 0 saturated carbocycles. The molecule has 0 bridgehead atoms. The lowest BCUT2D eigenvalue weighted by Crippen LogP contribution is -2.21. The number of hydrogen-bond acceptors (Lipinski definition) is 19. The first kappa shape index (κ1) is 47.5. The van der Waals surface area contributed by atoms with Crippen molar-refractivity contribution in [3.05, 3.63) is 116 Å². The lowest BCUT2D eigenvalue weighted by atomic mass is 10.1. The molecule has 0 radical (unpaired) electrons. The predicted molar refractivity (Wildman–Crippen MR) is 236 cm³/mol. The number of nitrogen functional groups attached to an aromatic ring is 2. The minimum absolute atomic E-state index is 0.0100. The molecule has 21 nitrogen and oxygen atoms in total. The van der Waals surface area contributed by atoms with E-state index in [1.165, 1.54) is 55.7 Å². The van der Waals surface area contributed by atoms with Crippen molar-refractivity contribution in [2.75, 3.05) is 30.1 Å². The van der Waals surface area contributed by atoms with E-state index in [4.69, 9.17) is 16.2 Å². The van der Waals surface area contributed by atoms with Gasteiger partial charge in [0.1, 0.15) is 32.6 Å². The van der Waals surface area contributed by atoms with Crippen LogP contribution in [0.3, 0.4) is 0 Å². The summed E-state index contributed by atoms with van der Waals surface area (Å²) in [5, 5.41) is 33.8. The second-order valence-corrected chi connectivity index (χ2v) is 19.8. The molecule has 0 aromatic heterocycles. The van der Waals surface area contributed by atoms with Gasteiger partial charge >= 0.3 is 0 Å². The first-order valence-corrected chi connectivity index (χ1v) is 24.0. The molecule has 5 aromatic carbocycles. The van der Waals surface area contributed by atoms with Crippen molar-refractivity contribution < 1.29 is 52.6 Å². The summed E-state index contributed by atoms with van der Waals surface area (Å²) in [6, 6.07) is 15.7. The van der Waals surface area contributed by atoms with Crippen LogP contribution in [0.1, 0.15) is 0 Å². The topological polar surface area (TPSA) is 345 Å². The zero-order valence-electron chi connectivity index (χ0n) is 32.4. The van der Waals surface area contributed by atoms with E-state index in [0.717, 1.165) is 12.1 Å². The van der Waals surface area contributed by atoms with Crippen LogP contribution in [0, 0.1) is 0 Å². The highest BCUT2D eigenvalue weighted by Crippen LogP contribution is 2.48. The number of phenolic OH excluding ortho intramolecular Hbond substituents is 1. The van der Waals surface area contributed by atoms with Crippen molar-refractivity contribution in [2.24, 2.45) is 30.7 Å². The minimum atomic E-state index is -5.24. The Labute approximate surface area is 366 Å². The summed E-state index contributed by atoms with van der Waals surface area (Å²) < 4.78 is 128. The summed E-state index contributed by atoms with van der Waals surface area (Å²) in [4.78, 5) is -2.36. The van der Waals surface area contributed by atoms with Crippen LogP contribution in [0.25, 0.3) is 10.8 Å². The van der Waals surface area contributed by atoms with Gasteiger partial charge in [-0.3, -0.25) is 13.8 Å². The fourth-order valence-electron chi connectivity index (χ4n) is 5.36. The molecule has 5 aromatic rings. The third-order valence-electron chi connectivity index (χ3n) is 8.34. The highest BCUT2D eigenvalue weighted by Gasteiger charge is 2.28.